The number of hydroxylamine groups is 1. The Kier molecular flexibility index (Phi) is 4.66. The maximum absolute atomic E-state index is 11.6. The number of nitrogens with zero attached hydrogens (tertiary/aromatic N) is 2. The number of carbonyl (C=O) groups is 1. The molecular formula is C18H21N3O3. The Hall–Kier alpha value is -2.60. The van der Waals surface area contributed by atoms with Crippen molar-refractivity contribution >= 4 is 11.6 Å². The highest BCUT2D eigenvalue weighted by Crippen LogP contribution is 2.31. The maximum Gasteiger partial charge on any atom is 0.274 e. The molecule has 1 aliphatic rings. The van der Waals surface area contributed by atoms with E-state index in [-0.39, 0.29) is 6.04 Å². The molecule has 1 aromatic heterocycles. The van der Waals surface area contributed by atoms with E-state index in [1.807, 2.05) is 18.2 Å². The topological polar surface area (TPSA) is 74.7 Å². The predicted octanol–water partition coefficient (Wildman–Crippen LogP) is 2.62. The molecule has 0 radical (unpaired) electrons. The fourth-order valence-corrected chi connectivity index (χ4v) is 2.96. The van der Waals surface area contributed by atoms with Crippen LogP contribution < -0.4 is 15.1 Å². The lowest BCUT2D eigenvalue weighted by Crippen LogP contribution is -2.41. The number of hydrogen-bond acceptors (Lipinski definition) is 5. The molecule has 0 saturated heterocycles. The van der Waals surface area contributed by atoms with Crippen molar-refractivity contribution in [3.8, 4) is 5.75 Å². The summed E-state index contributed by atoms with van der Waals surface area (Å²) in [6.07, 6.45) is 3.57. The van der Waals surface area contributed by atoms with Crippen LogP contribution in [-0.2, 0) is 6.54 Å². The second-order valence-electron chi connectivity index (χ2n) is 6.22. The Bertz CT molecular complexity index is 719. The normalized spacial score (nSPS) is 17.0. The number of aromatic nitrogens is 1. The molecule has 1 amide bonds. The highest BCUT2D eigenvalue weighted by atomic mass is 16.5. The number of carbonyl (C=O) groups excluding carboxylic acids is 1. The first-order valence-corrected chi connectivity index (χ1v) is 7.97. The maximum atomic E-state index is 11.6. The fourth-order valence-electron chi connectivity index (χ4n) is 2.96. The van der Waals surface area contributed by atoms with Crippen molar-refractivity contribution in [3.05, 3.63) is 53.9 Å². The summed E-state index contributed by atoms with van der Waals surface area (Å²) >= 11 is 0. The van der Waals surface area contributed by atoms with Gasteiger partial charge in [0, 0.05) is 35.8 Å². The molecule has 2 N–H and O–H groups in total. The lowest BCUT2D eigenvalue weighted by Gasteiger charge is -2.33. The smallest absolute Gasteiger partial charge is 0.274 e. The first-order chi connectivity index (χ1) is 11.6. The van der Waals surface area contributed by atoms with E-state index in [0.29, 0.717) is 30.4 Å². The summed E-state index contributed by atoms with van der Waals surface area (Å²) in [4.78, 5) is 18.0. The fraction of sp³-hybridized carbons (Fsp3) is 0.333. The lowest BCUT2D eigenvalue weighted by molar-refractivity contribution is 0.0706. The third-order valence-electron chi connectivity index (χ3n) is 4.35. The van der Waals surface area contributed by atoms with Gasteiger partial charge in [0.15, 0.2) is 0 Å². The van der Waals surface area contributed by atoms with E-state index in [0.717, 1.165) is 11.3 Å². The Balaban J connectivity index is 1.97. The van der Waals surface area contributed by atoms with Gasteiger partial charge in [-0.15, -0.1) is 0 Å². The number of hydrogen-bond donors (Lipinski definition) is 2. The molecule has 3 rings (SSSR count). The Labute approximate surface area is 141 Å². The summed E-state index contributed by atoms with van der Waals surface area (Å²) in [5, 5.41) is 8.80. The molecule has 0 spiro atoms. The Morgan fingerprint density at radius 1 is 1.33 bits per heavy atom. The predicted molar refractivity (Wildman–Crippen MR) is 90.2 cm³/mol. The minimum atomic E-state index is -0.544. The molecule has 0 fully saturated rings. The molecule has 0 unspecified atom stereocenters. The van der Waals surface area contributed by atoms with Gasteiger partial charge in [-0.05, 0) is 30.2 Å². The van der Waals surface area contributed by atoms with Gasteiger partial charge < -0.3 is 9.64 Å². The van der Waals surface area contributed by atoms with Crippen molar-refractivity contribution in [2.75, 3.05) is 11.5 Å². The van der Waals surface area contributed by atoms with Crippen molar-refractivity contribution in [2.45, 2.75) is 26.4 Å². The molecular weight excluding hydrogens is 306 g/mol. The van der Waals surface area contributed by atoms with E-state index in [1.165, 1.54) is 0 Å². The van der Waals surface area contributed by atoms with Gasteiger partial charge in [0.25, 0.3) is 5.91 Å². The number of fused-ring (bicyclic) bond motifs is 1. The summed E-state index contributed by atoms with van der Waals surface area (Å²) in [5.74, 6) is 0.531. The number of ether oxygens (including phenoxy) is 1. The zero-order valence-electron chi connectivity index (χ0n) is 13.8. The average molecular weight is 327 g/mol. The molecule has 1 aliphatic heterocycles. The van der Waals surface area contributed by atoms with E-state index in [1.54, 1.807) is 30.0 Å². The highest BCUT2D eigenvalue weighted by molar-refractivity contribution is 5.93. The largest absolute Gasteiger partial charge is 0.491 e. The molecule has 2 aromatic rings. The SMILES string of the molecule is CC(C)[C@H]1COc2cc(C(=O)NO)ccc2CN1c1ccncc1. The van der Waals surface area contributed by atoms with Gasteiger partial charge in [0.2, 0.25) is 0 Å². The number of pyridine rings is 1. The van der Waals surface area contributed by atoms with E-state index >= 15 is 0 Å². The quantitative estimate of drug-likeness (QED) is 0.669. The van der Waals surface area contributed by atoms with Gasteiger partial charge in [0.1, 0.15) is 12.4 Å². The highest BCUT2D eigenvalue weighted by Gasteiger charge is 2.28. The zero-order chi connectivity index (χ0) is 17.1. The van der Waals surface area contributed by atoms with Crippen molar-refractivity contribution in [2.24, 2.45) is 5.92 Å². The van der Waals surface area contributed by atoms with Crippen molar-refractivity contribution in [1.29, 1.82) is 0 Å². The second-order valence-corrected chi connectivity index (χ2v) is 6.22. The monoisotopic (exact) mass is 327 g/mol. The second kappa shape index (κ2) is 6.88. The summed E-state index contributed by atoms with van der Waals surface area (Å²) in [6, 6.07) is 9.43. The molecule has 24 heavy (non-hydrogen) atoms. The summed E-state index contributed by atoms with van der Waals surface area (Å²) in [5.41, 5.74) is 4.12. The third-order valence-corrected chi connectivity index (χ3v) is 4.35. The Morgan fingerprint density at radius 3 is 2.75 bits per heavy atom. The number of anilines is 1. The molecule has 1 atom stereocenters. The molecule has 126 valence electrons. The van der Waals surface area contributed by atoms with Crippen molar-refractivity contribution in [3.63, 3.8) is 0 Å². The molecule has 6 heteroatoms. The third kappa shape index (κ3) is 3.19. The minimum Gasteiger partial charge on any atom is -0.491 e. The van der Waals surface area contributed by atoms with Gasteiger partial charge in [0.05, 0.1) is 6.04 Å². The molecule has 0 saturated carbocycles. The van der Waals surface area contributed by atoms with Crippen molar-refractivity contribution < 1.29 is 14.7 Å². The molecule has 0 bridgehead atoms. The standard InChI is InChI=1S/C18H21N3O3/c1-12(2)16-11-24-17-9-13(18(22)20-23)3-4-14(17)10-21(16)15-5-7-19-8-6-15/h3-9,12,16,23H,10-11H2,1-2H3,(H,20,22)/t16-/m1/s1. The van der Waals surface area contributed by atoms with Gasteiger partial charge in [-0.3, -0.25) is 15.0 Å². The van der Waals surface area contributed by atoms with E-state index in [4.69, 9.17) is 9.94 Å². The van der Waals surface area contributed by atoms with Gasteiger partial charge in [-0.25, -0.2) is 5.48 Å². The average Bonchev–Trinajstić information content (AvgIpc) is 2.80. The summed E-state index contributed by atoms with van der Waals surface area (Å²) in [7, 11) is 0. The Morgan fingerprint density at radius 2 is 2.08 bits per heavy atom. The van der Waals surface area contributed by atoms with Crippen LogP contribution in [-0.4, -0.2) is 28.7 Å². The first-order valence-electron chi connectivity index (χ1n) is 7.97. The van der Waals surface area contributed by atoms with Crippen LogP contribution in [0.3, 0.4) is 0 Å². The lowest BCUT2D eigenvalue weighted by atomic mass is 10.0. The molecule has 1 aromatic carbocycles. The number of amides is 1. The molecule has 0 aliphatic carbocycles. The van der Waals surface area contributed by atoms with Gasteiger partial charge >= 0.3 is 0 Å². The molecule has 2 heterocycles. The number of benzene rings is 1. The van der Waals surface area contributed by atoms with Crippen LogP contribution in [0.2, 0.25) is 0 Å². The number of rotatable bonds is 3. The van der Waals surface area contributed by atoms with Crippen LogP contribution in [0.25, 0.3) is 0 Å². The van der Waals surface area contributed by atoms with Crippen LogP contribution in [0.5, 0.6) is 5.75 Å². The van der Waals surface area contributed by atoms with Crippen LogP contribution in [0.1, 0.15) is 29.8 Å². The zero-order valence-corrected chi connectivity index (χ0v) is 13.8. The van der Waals surface area contributed by atoms with E-state index in [9.17, 15) is 4.79 Å². The van der Waals surface area contributed by atoms with Crippen LogP contribution in [0.15, 0.2) is 42.7 Å². The summed E-state index contributed by atoms with van der Waals surface area (Å²) < 4.78 is 5.99. The summed E-state index contributed by atoms with van der Waals surface area (Å²) in [6.45, 7) is 5.55. The first kappa shape index (κ1) is 16.3. The van der Waals surface area contributed by atoms with Crippen LogP contribution in [0.4, 0.5) is 5.69 Å². The minimum absolute atomic E-state index is 0.204. The van der Waals surface area contributed by atoms with Crippen LogP contribution >= 0.6 is 0 Å². The van der Waals surface area contributed by atoms with Crippen LogP contribution in [0, 0.1) is 5.92 Å². The van der Waals surface area contributed by atoms with E-state index in [2.05, 4.69) is 23.7 Å². The van der Waals surface area contributed by atoms with Gasteiger partial charge in [-0.1, -0.05) is 19.9 Å². The van der Waals surface area contributed by atoms with Gasteiger partial charge in [-0.2, -0.15) is 0 Å². The van der Waals surface area contributed by atoms with Crippen molar-refractivity contribution in [1.82, 2.24) is 10.5 Å². The van der Waals surface area contributed by atoms with E-state index < -0.39 is 5.91 Å². The number of nitrogens with one attached hydrogen (secondary N) is 1. The molecule has 6 nitrogen and oxygen atoms in total.